The molecule has 0 radical (unpaired) electrons. The summed E-state index contributed by atoms with van der Waals surface area (Å²) in [5.74, 6) is -0.217. The molecule has 6 nitrogen and oxygen atoms in total. The summed E-state index contributed by atoms with van der Waals surface area (Å²) in [6.07, 6.45) is 0.735. The summed E-state index contributed by atoms with van der Waals surface area (Å²) in [7, 11) is 0. The maximum atomic E-state index is 12.0. The zero-order valence-electron chi connectivity index (χ0n) is 13.9. The molecule has 0 atom stereocenters. The number of ether oxygens (including phenoxy) is 2. The molecule has 0 unspecified atom stereocenters. The van der Waals surface area contributed by atoms with Gasteiger partial charge in [-0.25, -0.2) is 0 Å². The zero-order chi connectivity index (χ0) is 17.9. The van der Waals surface area contributed by atoms with E-state index in [9.17, 15) is 9.59 Å². The molecule has 2 aromatic carbocycles. The lowest BCUT2D eigenvalue weighted by molar-refractivity contribution is -0.119. The van der Waals surface area contributed by atoms with Crippen molar-refractivity contribution in [2.45, 2.75) is 13.0 Å². The van der Waals surface area contributed by atoms with E-state index >= 15 is 0 Å². The van der Waals surface area contributed by atoms with Gasteiger partial charge < -0.3 is 20.5 Å². The molecule has 2 aromatic rings. The average molecular weight is 342 g/mol. The smallest absolute Gasteiger partial charge is 0.255 e. The Hall–Kier alpha value is -2.86. The van der Waals surface area contributed by atoms with Crippen LogP contribution in [0.25, 0.3) is 0 Å². The first-order chi connectivity index (χ1) is 12.1. The zero-order valence-corrected chi connectivity index (χ0v) is 13.9. The van der Waals surface area contributed by atoms with E-state index in [-0.39, 0.29) is 12.5 Å². The summed E-state index contributed by atoms with van der Waals surface area (Å²) in [5.41, 5.74) is 6.66. The van der Waals surface area contributed by atoms with Crippen LogP contribution in [0.3, 0.4) is 0 Å². The monoisotopic (exact) mass is 342 g/mol. The van der Waals surface area contributed by atoms with E-state index in [1.54, 1.807) is 24.3 Å². The van der Waals surface area contributed by atoms with E-state index in [1.165, 1.54) is 0 Å². The van der Waals surface area contributed by atoms with Crippen LogP contribution in [0.4, 0.5) is 0 Å². The molecule has 0 fully saturated rings. The predicted molar refractivity (Wildman–Crippen MR) is 94.2 cm³/mol. The van der Waals surface area contributed by atoms with Crippen LogP contribution < -0.4 is 15.8 Å². The Bertz CT molecular complexity index is 672. The fourth-order valence-electron chi connectivity index (χ4n) is 2.10. The molecule has 0 aliphatic rings. The highest BCUT2D eigenvalue weighted by Gasteiger charge is 2.05. The largest absolute Gasteiger partial charge is 0.484 e. The van der Waals surface area contributed by atoms with Crippen molar-refractivity contribution in [2.75, 3.05) is 19.8 Å². The fraction of sp³-hybridized carbons (Fsp3) is 0.263. The van der Waals surface area contributed by atoms with Crippen molar-refractivity contribution in [3.63, 3.8) is 0 Å². The Morgan fingerprint density at radius 2 is 1.72 bits per heavy atom. The molecular weight excluding hydrogens is 320 g/mol. The number of nitrogens with two attached hydrogens (primary N) is 1. The topological polar surface area (TPSA) is 90.7 Å². The fourth-order valence-corrected chi connectivity index (χ4v) is 2.10. The molecule has 0 aromatic heterocycles. The molecule has 0 spiro atoms. The van der Waals surface area contributed by atoms with E-state index in [1.807, 2.05) is 30.3 Å². The maximum absolute atomic E-state index is 12.0. The van der Waals surface area contributed by atoms with Crippen molar-refractivity contribution < 1.29 is 19.1 Å². The summed E-state index contributed by atoms with van der Waals surface area (Å²) in [5, 5.41) is 2.83. The number of amides is 2. The number of nitrogens with one attached hydrogen (secondary N) is 1. The molecule has 3 N–H and O–H groups in total. The first kappa shape index (κ1) is 18.5. The molecule has 2 amide bonds. The average Bonchev–Trinajstić information content (AvgIpc) is 2.64. The number of hydrogen-bond donors (Lipinski definition) is 2. The third kappa shape index (κ3) is 7.05. The van der Waals surface area contributed by atoms with Gasteiger partial charge in [0.2, 0.25) is 0 Å². The van der Waals surface area contributed by atoms with Gasteiger partial charge in [0.05, 0.1) is 6.61 Å². The Balaban J connectivity index is 1.62. The molecule has 0 bridgehead atoms. The third-order valence-electron chi connectivity index (χ3n) is 3.36. The molecule has 132 valence electrons. The van der Waals surface area contributed by atoms with Crippen molar-refractivity contribution in [3.05, 3.63) is 65.7 Å². The van der Waals surface area contributed by atoms with Gasteiger partial charge in [0, 0.05) is 18.7 Å². The highest BCUT2D eigenvalue weighted by Crippen LogP contribution is 2.12. The van der Waals surface area contributed by atoms with Gasteiger partial charge >= 0.3 is 0 Å². The highest BCUT2D eigenvalue weighted by atomic mass is 16.5. The summed E-state index contributed by atoms with van der Waals surface area (Å²) in [6.45, 7) is 1.50. The number of carbonyl (C=O) groups is 2. The first-order valence-electron chi connectivity index (χ1n) is 8.06. The number of primary amides is 1. The maximum Gasteiger partial charge on any atom is 0.255 e. The molecule has 2 rings (SSSR count). The van der Waals surface area contributed by atoms with Crippen molar-refractivity contribution >= 4 is 11.8 Å². The Morgan fingerprint density at radius 1 is 1.00 bits per heavy atom. The highest BCUT2D eigenvalue weighted by molar-refractivity contribution is 5.94. The van der Waals surface area contributed by atoms with Gasteiger partial charge in [0.15, 0.2) is 6.61 Å². The van der Waals surface area contributed by atoms with E-state index in [0.29, 0.717) is 31.1 Å². The SMILES string of the molecule is NC(=O)COc1ccc(C(=O)NCCCOCc2ccccc2)cc1. The van der Waals surface area contributed by atoms with Crippen LogP contribution in [0, 0.1) is 0 Å². The van der Waals surface area contributed by atoms with Gasteiger partial charge in [-0.05, 0) is 36.2 Å². The molecule has 0 saturated carbocycles. The number of hydrogen-bond acceptors (Lipinski definition) is 4. The van der Waals surface area contributed by atoms with Crippen LogP contribution in [0.2, 0.25) is 0 Å². The second kappa shape index (κ2) is 10.1. The lowest BCUT2D eigenvalue weighted by Crippen LogP contribution is -2.25. The van der Waals surface area contributed by atoms with Crippen LogP contribution in [0.1, 0.15) is 22.3 Å². The summed E-state index contributed by atoms with van der Waals surface area (Å²) < 4.78 is 10.7. The quantitative estimate of drug-likeness (QED) is 0.645. The van der Waals surface area contributed by atoms with Gasteiger partial charge in [-0.3, -0.25) is 9.59 Å². The van der Waals surface area contributed by atoms with E-state index in [2.05, 4.69) is 5.32 Å². The molecule has 25 heavy (non-hydrogen) atoms. The van der Waals surface area contributed by atoms with Crippen LogP contribution in [-0.4, -0.2) is 31.6 Å². The third-order valence-corrected chi connectivity index (χ3v) is 3.36. The molecule has 0 heterocycles. The minimum Gasteiger partial charge on any atom is -0.484 e. The summed E-state index contributed by atoms with van der Waals surface area (Å²) in [4.78, 5) is 22.7. The van der Waals surface area contributed by atoms with Gasteiger partial charge in [-0.15, -0.1) is 0 Å². The number of rotatable bonds is 10. The van der Waals surface area contributed by atoms with Crippen molar-refractivity contribution in [2.24, 2.45) is 5.73 Å². The minimum atomic E-state index is -0.545. The van der Waals surface area contributed by atoms with Gasteiger partial charge in [0.1, 0.15) is 5.75 Å². The lowest BCUT2D eigenvalue weighted by atomic mass is 10.2. The van der Waals surface area contributed by atoms with Crippen molar-refractivity contribution in [1.82, 2.24) is 5.32 Å². The Kier molecular flexibility index (Phi) is 7.46. The van der Waals surface area contributed by atoms with Crippen LogP contribution >= 0.6 is 0 Å². The number of benzene rings is 2. The second-order valence-corrected chi connectivity index (χ2v) is 5.43. The molecule has 0 aliphatic heterocycles. The van der Waals surface area contributed by atoms with Crippen LogP contribution in [0.5, 0.6) is 5.75 Å². The minimum absolute atomic E-state index is 0.162. The normalized spacial score (nSPS) is 10.2. The summed E-state index contributed by atoms with van der Waals surface area (Å²) >= 11 is 0. The predicted octanol–water partition coefficient (Wildman–Crippen LogP) is 1.89. The molecule has 0 aliphatic carbocycles. The van der Waals surface area contributed by atoms with Crippen LogP contribution in [-0.2, 0) is 16.1 Å². The second-order valence-electron chi connectivity index (χ2n) is 5.43. The van der Waals surface area contributed by atoms with Crippen LogP contribution in [0.15, 0.2) is 54.6 Å². The van der Waals surface area contributed by atoms with Gasteiger partial charge in [-0.2, -0.15) is 0 Å². The van der Waals surface area contributed by atoms with E-state index in [4.69, 9.17) is 15.2 Å². The van der Waals surface area contributed by atoms with Crippen molar-refractivity contribution in [3.8, 4) is 5.75 Å². The van der Waals surface area contributed by atoms with E-state index in [0.717, 1.165) is 12.0 Å². The standard InChI is InChI=1S/C19H22N2O4/c20-18(22)14-25-17-9-7-16(8-10-17)19(23)21-11-4-12-24-13-15-5-2-1-3-6-15/h1-3,5-10H,4,11-14H2,(H2,20,22)(H,21,23). The first-order valence-corrected chi connectivity index (χ1v) is 8.06. The Morgan fingerprint density at radius 3 is 2.40 bits per heavy atom. The van der Waals surface area contributed by atoms with Gasteiger partial charge in [-0.1, -0.05) is 30.3 Å². The summed E-state index contributed by atoms with van der Waals surface area (Å²) in [6, 6.07) is 16.5. The Labute approximate surface area is 146 Å². The number of carbonyl (C=O) groups excluding carboxylic acids is 2. The van der Waals surface area contributed by atoms with Crippen molar-refractivity contribution in [1.29, 1.82) is 0 Å². The van der Waals surface area contributed by atoms with E-state index < -0.39 is 5.91 Å². The van der Waals surface area contributed by atoms with Gasteiger partial charge in [0.25, 0.3) is 11.8 Å². The lowest BCUT2D eigenvalue weighted by Gasteiger charge is -2.08. The molecule has 6 heteroatoms. The molecule has 0 saturated heterocycles. The molecular formula is C19H22N2O4.